The Kier molecular flexibility index (Phi) is 10.5. The largest absolute Gasteiger partial charge is 0.138 e. The molecule has 2 heteroatoms. The second-order valence-corrected chi connectivity index (χ2v) is 9.46. The topological polar surface area (TPSA) is 0 Å². The lowest BCUT2D eigenvalue weighted by Crippen LogP contribution is -2.32. The van der Waals surface area contributed by atoms with Crippen LogP contribution in [0.5, 0.6) is 0 Å². The van der Waals surface area contributed by atoms with Crippen LogP contribution in [0.2, 0.25) is 18.1 Å². The van der Waals surface area contributed by atoms with Crippen molar-refractivity contribution < 1.29 is 0 Å². The summed E-state index contributed by atoms with van der Waals surface area (Å²) in [5, 5.41) is 0. The zero-order chi connectivity index (χ0) is 12.3. The van der Waals surface area contributed by atoms with E-state index in [4.69, 9.17) is 0 Å². The molecule has 0 aliphatic rings. The van der Waals surface area contributed by atoms with Crippen LogP contribution in [0.1, 0.15) is 59.3 Å². The molecule has 0 bridgehead atoms. The van der Waals surface area contributed by atoms with Crippen molar-refractivity contribution in [3.8, 4) is 11.2 Å². The van der Waals surface area contributed by atoms with Gasteiger partial charge < -0.3 is 0 Å². The van der Waals surface area contributed by atoms with E-state index >= 15 is 0 Å². The molecule has 0 radical (unpaired) electrons. The van der Waals surface area contributed by atoms with Gasteiger partial charge in [0.1, 0.15) is 8.07 Å². The number of hydrogen-bond acceptors (Lipinski definition) is 0. The van der Waals surface area contributed by atoms with Gasteiger partial charge in [0.15, 0.2) is 0 Å². The highest BCUT2D eigenvalue weighted by atomic mass is 31.0. The Labute approximate surface area is 106 Å². The molecule has 0 aromatic rings. The highest BCUT2D eigenvalue weighted by molar-refractivity contribution is 7.23. The lowest BCUT2D eigenvalue weighted by Gasteiger charge is -2.26. The summed E-state index contributed by atoms with van der Waals surface area (Å²) in [5.41, 5.74) is 6.82. The molecule has 0 amide bonds. The third-order valence-electron chi connectivity index (χ3n) is 3.36. The van der Waals surface area contributed by atoms with E-state index in [0.29, 0.717) is 0 Å². The van der Waals surface area contributed by atoms with Crippen molar-refractivity contribution in [3.63, 3.8) is 0 Å². The van der Waals surface area contributed by atoms with Crippen molar-refractivity contribution in [1.82, 2.24) is 0 Å². The Morgan fingerprint density at radius 2 is 1.19 bits per heavy atom. The van der Waals surface area contributed by atoms with Gasteiger partial charge in [0.2, 0.25) is 0 Å². The maximum Gasteiger partial charge on any atom is 0.138 e. The summed E-state index contributed by atoms with van der Waals surface area (Å²) >= 11 is 0. The monoisotopic (exact) mass is 256 g/mol. The molecule has 0 spiro atoms. The van der Waals surface area contributed by atoms with Crippen molar-refractivity contribution in [3.05, 3.63) is 0 Å². The predicted molar refractivity (Wildman–Crippen MR) is 82.4 cm³/mol. The molecular formula is C14H29PSi. The van der Waals surface area contributed by atoms with Crippen LogP contribution >= 0.6 is 9.24 Å². The molecule has 94 valence electrons. The van der Waals surface area contributed by atoms with Gasteiger partial charge in [-0.2, -0.15) is 0 Å². The van der Waals surface area contributed by atoms with Crippen molar-refractivity contribution in [1.29, 1.82) is 0 Å². The van der Waals surface area contributed by atoms with Gasteiger partial charge in [-0.3, -0.25) is 0 Å². The normalized spacial score (nSPS) is 11.0. The van der Waals surface area contributed by atoms with Crippen LogP contribution in [-0.4, -0.2) is 8.07 Å². The zero-order valence-electron chi connectivity index (χ0n) is 11.4. The van der Waals surface area contributed by atoms with E-state index in [0.717, 1.165) is 0 Å². The van der Waals surface area contributed by atoms with Gasteiger partial charge in [-0.15, -0.1) is 5.54 Å². The van der Waals surface area contributed by atoms with E-state index in [1.54, 1.807) is 0 Å². The molecule has 0 aliphatic carbocycles. The molecule has 0 aliphatic heterocycles. The summed E-state index contributed by atoms with van der Waals surface area (Å²) in [6.45, 7) is 6.90. The standard InChI is InChI=1S/C14H29PSi/c1-4-7-11-16(14-10-15,12-8-5-2)13-9-6-3/h4-9,11-13,15H2,1-3H3. The molecule has 0 saturated carbocycles. The summed E-state index contributed by atoms with van der Waals surface area (Å²) in [5.74, 6) is 0. The molecule has 0 rings (SSSR count). The van der Waals surface area contributed by atoms with Gasteiger partial charge in [0.05, 0.1) is 0 Å². The molecule has 0 saturated heterocycles. The van der Waals surface area contributed by atoms with Gasteiger partial charge in [-0.1, -0.05) is 74.2 Å². The van der Waals surface area contributed by atoms with Gasteiger partial charge >= 0.3 is 0 Å². The SMILES string of the molecule is CCCC[Si](C#CP)(CCCC)CCCC. The average Bonchev–Trinajstić information content (AvgIpc) is 2.31. The fourth-order valence-corrected chi connectivity index (χ4v) is 7.70. The molecule has 16 heavy (non-hydrogen) atoms. The Bertz CT molecular complexity index is 193. The molecule has 1 unspecified atom stereocenters. The lowest BCUT2D eigenvalue weighted by atomic mass is 10.4. The smallest absolute Gasteiger partial charge is 0.127 e. The Hall–Kier alpha value is 0.207. The summed E-state index contributed by atoms with van der Waals surface area (Å²) in [6, 6.07) is 4.31. The molecular weight excluding hydrogens is 227 g/mol. The van der Waals surface area contributed by atoms with Gasteiger partial charge in [0.25, 0.3) is 0 Å². The van der Waals surface area contributed by atoms with Crippen molar-refractivity contribution in [2.75, 3.05) is 0 Å². The Morgan fingerprint density at radius 1 is 0.812 bits per heavy atom. The number of hydrogen-bond donors (Lipinski definition) is 0. The molecule has 0 N–H and O–H groups in total. The first-order valence-corrected chi connectivity index (χ1v) is 10.2. The second kappa shape index (κ2) is 10.4. The molecule has 0 fully saturated rings. The Balaban J connectivity index is 4.50. The first-order valence-electron chi connectivity index (χ1n) is 6.97. The van der Waals surface area contributed by atoms with E-state index in [1.807, 2.05) is 0 Å². The lowest BCUT2D eigenvalue weighted by molar-refractivity contribution is 0.802. The van der Waals surface area contributed by atoms with E-state index in [-0.39, 0.29) is 0 Å². The highest BCUT2D eigenvalue weighted by Gasteiger charge is 2.29. The van der Waals surface area contributed by atoms with Crippen LogP contribution in [0.25, 0.3) is 0 Å². The van der Waals surface area contributed by atoms with E-state index in [9.17, 15) is 0 Å². The third-order valence-corrected chi connectivity index (χ3v) is 8.40. The summed E-state index contributed by atoms with van der Waals surface area (Å²) in [7, 11) is 1.37. The summed E-state index contributed by atoms with van der Waals surface area (Å²) in [4.78, 5) is 0. The van der Waals surface area contributed by atoms with Crippen LogP contribution in [0.4, 0.5) is 0 Å². The van der Waals surface area contributed by atoms with Crippen LogP contribution in [-0.2, 0) is 0 Å². The van der Waals surface area contributed by atoms with Gasteiger partial charge in [0, 0.05) is 0 Å². The summed E-state index contributed by atoms with van der Waals surface area (Å²) < 4.78 is 0. The molecule has 0 aromatic heterocycles. The Morgan fingerprint density at radius 3 is 1.44 bits per heavy atom. The van der Waals surface area contributed by atoms with Gasteiger partial charge in [-0.05, 0) is 18.1 Å². The molecule has 1 atom stereocenters. The van der Waals surface area contributed by atoms with E-state index in [1.165, 1.54) is 56.7 Å². The first-order chi connectivity index (χ1) is 7.74. The van der Waals surface area contributed by atoms with Gasteiger partial charge in [-0.25, -0.2) is 0 Å². The fraction of sp³-hybridized carbons (Fsp3) is 0.857. The van der Waals surface area contributed by atoms with Crippen molar-refractivity contribution in [2.24, 2.45) is 0 Å². The van der Waals surface area contributed by atoms with Crippen molar-refractivity contribution in [2.45, 2.75) is 77.4 Å². The third kappa shape index (κ3) is 6.72. The quantitative estimate of drug-likeness (QED) is 0.302. The van der Waals surface area contributed by atoms with E-state index in [2.05, 4.69) is 41.2 Å². The second-order valence-electron chi connectivity index (χ2n) is 4.86. The minimum atomic E-state index is -1.24. The number of unbranched alkanes of at least 4 members (excludes halogenated alkanes) is 3. The van der Waals surface area contributed by atoms with Crippen molar-refractivity contribution >= 4 is 17.3 Å². The predicted octanol–water partition coefficient (Wildman–Crippen LogP) is 5.21. The molecule has 0 aromatic carbocycles. The fourth-order valence-electron chi connectivity index (χ4n) is 2.26. The van der Waals surface area contributed by atoms with Crippen LogP contribution in [0.15, 0.2) is 0 Å². The minimum Gasteiger partial charge on any atom is -0.127 e. The molecule has 0 nitrogen and oxygen atoms in total. The highest BCUT2D eigenvalue weighted by Crippen LogP contribution is 2.27. The first kappa shape index (κ1) is 16.2. The zero-order valence-corrected chi connectivity index (χ0v) is 13.6. The molecule has 0 heterocycles. The number of rotatable bonds is 9. The van der Waals surface area contributed by atoms with Crippen LogP contribution in [0.3, 0.4) is 0 Å². The maximum absolute atomic E-state index is 3.65. The van der Waals surface area contributed by atoms with Crippen LogP contribution < -0.4 is 0 Å². The van der Waals surface area contributed by atoms with Crippen LogP contribution in [0, 0.1) is 11.2 Å². The average molecular weight is 256 g/mol. The summed E-state index contributed by atoms with van der Waals surface area (Å²) in [6.07, 6.45) is 8.14. The minimum absolute atomic E-state index is 1.24. The maximum atomic E-state index is 3.65. The van der Waals surface area contributed by atoms with E-state index < -0.39 is 8.07 Å².